The van der Waals surface area contributed by atoms with E-state index in [2.05, 4.69) is 0 Å². The number of carbonyl (C=O) groups is 2. The van der Waals surface area contributed by atoms with Gasteiger partial charge in [-0.2, -0.15) is 0 Å². The quantitative estimate of drug-likeness (QED) is 0.609. The average molecular weight is 412 g/mol. The summed E-state index contributed by atoms with van der Waals surface area (Å²) in [7, 11) is 1.80. The zero-order valence-corrected chi connectivity index (χ0v) is 16.9. The summed E-state index contributed by atoms with van der Waals surface area (Å²) in [4.78, 5) is 30.2. The van der Waals surface area contributed by atoms with Crippen LogP contribution in [0.4, 0.5) is 11.4 Å². The van der Waals surface area contributed by atoms with Crippen LogP contribution < -0.4 is 19.3 Å². The van der Waals surface area contributed by atoms with Crippen molar-refractivity contribution >= 4 is 28.8 Å². The Bertz CT molecular complexity index is 1190. The molecule has 2 heterocycles. The van der Waals surface area contributed by atoms with Crippen LogP contribution in [0.25, 0.3) is 5.57 Å². The van der Waals surface area contributed by atoms with Gasteiger partial charge >= 0.3 is 0 Å². The number of rotatable bonds is 4. The second-order valence-electron chi connectivity index (χ2n) is 7.26. The first-order valence-electron chi connectivity index (χ1n) is 10.0. The lowest BCUT2D eigenvalue weighted by molar-refractivity contribution is -0.120. The lowest BCUT2D eigenvalue weighted by Gasteiger charge is -2.23. The number of hydrogen-bond donors (Lipinski definition) is 0. The van der Waals surface area contributed by atoms with Crippen molar-refractivity contribution in [3.05, 3.63) is 90.1 Å². The summed E-state index contributed by atoms with van der Waals surface area (Å²) in [5, 5.41) is 0. The molecule has 2 aliphatic rings. The van der Waals surface area contributed by atoms with Gasteiger partial charge in [0, 0.05) is 18.8 Å². The van der Waals surface area contributed by atoms with Gasteiger partial charge in [0.25, 0.3) is 11.8 Å². The van der Waals surface area contributed by atoms with Gasteiger partial charge in [0.1, 0.15) is 18.9 Å². The molecule has 0 unspecified atom stereocenters. The number of likely N-dealkylation sites (N-methyl/N-ethyl adjacent to an activating group) is 1. The molecule has 154 valence electrons. The van der Waals surface area contributed by atoms with E-state index in [4.69, 9.17) is 9.47 Å². The molecule has 0 aromatic heterocycles. The Labute approximate surface area is 179 Å². The van der Waals surface area contributed by atoms with Gasteiger partial charge in [-0.15, -0.1) is 0 Å². The van der Waals surface area contributed by atoms with Crippen molar-refractivity contribution in [2.75, 3.05) is 30.1 Å². The van der Waals surface area contributed by atoms with Gasteiger partial charge in [-0.25, -0.2) is 4.90 Å². The van der Waals surface area contributed by atoms with Gasteiger partial charge in [0.05, 0.1) is 11.3 Å². The van der Waals surface area contributed by atoms with Crippen LogP contribution >= 0.6 is 0 Å². The first-order valence-corrected chi connectivity index (χ1v) is 10.0. The summed E-state index contributed by atoms with van der Waals surface area (Å²) in [6, 6.07) is 23.9. The molecule has 0 saturated heterocycles. The Morgan fingerprint density at radius 1 is 0.774 bits per heavy atom. The zero-order chi connectivity index (χ0) is 21.4. The number of para-hydroxylation sites is 1. The van der Waals surface area contributed by atoms with Crippen molar-refractivity contribution in [1.82, 2.24) is 0 Å². The summed E-state index contributed by atoms with van der Waals surface area (Å²) in [6.07, 6.45) is 0. The number of amides is 2. The first kappa shape index (κ1) is 18.9. The Balaban J connectivity index is 1.62. The predicted octanol–water partition coefficient (Wildman–Crippen LogP) is 3.88. The Morgan fingerprint density at radius 3 is 2.13 bits per heavy atom. The maximum absolute atomic E-state index is 13.6. The van der Waals surface area contributed by atoms with Gasteiger partial charge in [0.2, 0.25) is 0 Å². The van der Waals surface area contributed by atoms with Crippen LogP contribution in [0, 0.1) is 0 Å². The molecule has 0 radical (unpaired) electrons. The number of carbonyl (C=O) groups excluding carboxylic acids is 2. The minimum Gasteiger partial charge on any atom is -0.486 e. The van der Waals surface area contributed by atoms with E-state index in [0.717, 1.165) is 5.69 Å². The number of fused-ring (bicyclic) bond motifs is 1. The molecule has 0 aliphatic carbocycles. The van der Waals surface area contributed by atoms with E-state index in [0.29, 0.717) is 47.2 Å². The zero-order valence-electron chi connectivity index (χ0n) is 16.9. The van der Waals surface area contributed by atoms with Crippen LogP contribution in [0.3, 0.4) is 0 Å². The number of benzene rings is 3. The van der Waals surface area contributed by atoms with Gasteiger partial charge < -0.3 is 14.4 Å². The van der Waals surface area contributed by atoms with Crippen LogP contribution in [-0.2, 0) is 9.59 Å². The SMILES string of the molecule is CN(C1=C(c2ccccc2)C(=O)N(c2ccc3c(c2)OCCO3)C1=O)c1ccccc1. The third kappa shape index (κ3) is 3.22. The van der Waals surface area contributed by atoms with Gasteiger partial charge in [-0.05, 0) is 29.8 Å². The van der Waals surface area contributed by atoms with E-state index in [9.17, 15) is 9.59 Å². The molecule has 0 N–H and O–H groups in total. The fourth-order valence-electron chi connectivity index (χ4n) is 3.88. The monoisotopic (exact) mass is 412 g/mol. The highest BCUT2D eigenvalue weighted by Crippen LogP contribution is 2.39. The standard InChI is InChI=1S/C25H20N2O4/c1-26(18-10-6-3-7-11-18)23-22(17-8-4-2-5-9-17)24(28)27(25(23)29)19-12-13-20-21(16-19)31-15-14-30-20/h2-13,16H,14-15H2,1H3. The smallest absolute Gasteiger partial charge is 0.282 e. The summed E-state index contributed by atoms with van der Waals surface area (Å²) >= 11 is 0. The van der Waals surface area contributed by atoms with Gasteiger partial charge in [-0.1, -0.05) is 48.5 Å². The maximum Gasteiger partial charge on any atom is 0.282 e. The van der Waals surface area contributed by atoms with Crippen molar-refractivity contribution in [3.63, 3.8) is 0 Å². The van der Waals surface area contributed by atoms with E-state index in [1.54, 1.807) is 30.1 Å². The molecule has 6 heteroatoms. The molecule has 0 saturated carbocycles. The number of anilines is 2. The lowest BCUT2D eigenvalue weighted by Crippen LogP contribution is -2.34. The normalized spacial score (nSPS) is 15.5. The third-order valence-electron chi connectivity index (χ3n) is 5.38. The molecular weight excluding hydrogens is 392 g/mol. The third-order valence-corrected chi connectivity index (χ3v) is 5.38. The first-order chi connectivity index (χ1) is 15.1. The van der Waals surface area contributed by atoms with Crippen molar-refractivity contribution < 1.29 is 19.1 Å². The highest BCUT2D eigenvalue weighted by atomic mass is 16.6. The summed E-state index contributed by atoms with van der Waals surface area (Å²) in [5.41, 5.74) is 2.66. The van der Waals surface area contributed by atoms with Crippen LogP contribution in [0.1, 0.15) is 5.56 Å². The topological polar surface area (TPSA) is 59.1 Å². The predicted molar refractivity (Wildman–Crippen MR) is 118 cm³/mol. The van der Waals surface area contributed by atoms with Gasteiger partial charge in [0.15, 0.2) is 11.5 Å². The summed E-state index contributed by atoms with van der Waals surface area (Å²) < 4.78 is 11.2. The van der Waals surface area contributed by atoms with Crippen molar-refractivity contribution in [1.29, 1.82) is 0 Å². The maximum atomic E-state index is 13.6. The molecule has 0 bridgehead atoms. The Kier molecular flexibility index (Phi) is 4.67. The van der Waals surface area contributed by atoms with Crippen LogP contribution in [0.5, 0.6) is 11.5 Å². The molecule has 3 aromatic carbocycles. The molecule has 0 atom stereocenters. The second kappa shape index (κ2) is 7.65. The molecule has 3 aromatic rings. The Hall–Kier alpha value is -4.06. The van der Waals surface area contributed by atoms with E-state index >= 15 is 0 Å². The van der Waals surface area contributed by atoms with E-state index in [1.807, 2.05) is 60.7 Å². The van der Waals surface area contributed by atoms with Gasteiger partial charge in [-0.3, -0.25) is 9.59 Å². The summed E-state index contributed by atoms with van der Waals surface area (Å²) in [5.74, 6) is 0.375. The summed E-state index contributed by atoms with van der Waals surface area (Å²) in [6.45, 7) is 0.896. The number of nitrogens with zero attached hydrogens (tertiary/aromatic N) is 2. The minimum absolute atomic E-state index is 0.331. The van der Waals surface area contributed by atoms with Crippen LogP contribution in [0.15, 0.2) is 84.6 Å². The largest absolute Gasteiger partial charge is 0.486 e. The fraction of sp³-hybridized carbons (Fsp3) is 0.120. The molecule has 2 aliphatic heterocycles. The molecule has 0 fully saturated rings. The molecule has 6 nitrogen and oxygen atoms in total. The Morgan fingerprint density at radius 2 is 1.42 bits per heavy atom. The van der Waals surface area contributed by atoms with Crippen LogP contribution in [0.2, 0.25) is 0 Å². The van der Waals surface area contributed by atoms with E-state index in [1.165, 1.54) is 4.90 Å². The molecule has 31 heavy (non-hydrogen) atoms. The van der Waals surface area contributed by atoms with E-state index in [-0.39, 0.29) is 11.8 Å². The molecule has 5 rings (SSSR count). The number of hydrogen-bond acceptors (Lipinski definition) is 5. The van der Waals surface area contributed by atoms with Crippen molar-refractivity contribution in [2.45, 2.75) is 0 Å². The van der Waals surface area contributed by atoms with Crippen molar-refractivity contribution in [2.24, 2.45) is 0 Å². The second-order valence-corrected chi connectivity index (χ2v) is 7.26. The van der Waals surface area contributed by atoms with Crippen LogP contribution in [-0.4, -0.2) is 32.1 Å². The lowest BCUT2D eigenvalue weighted by atomic mass is 10.0. The minimum atomic E-state index is -0.383. The molecular formula is C25H20N2O4. The highest BCUT2D eigenvalue weighted by molar-refractivity contribution is 6.46. The van der Waals surface area contributed by atoms with E-state index < -0.39 is 0 Å². The number of ether oxygens (including phenoxy) is 2. The average Bonchev–Trinajstić information content (AvgIpc) is 3.09. The molecule has 0 spiro atoms. The highest BCUT2D eigenvalue weighted by Gasteiger charge is 2.42. The van der Waals surface area contributed by atoms with Crippen molar-refractivity contribution in [3.8, 4) is 11.5 Å². The fourth-order valence-corrected chi connectivity index (χ4v) is 3.88. The molecule has 2 amide bonds. The number of imide groups is 1.